The summed E-state index contributed by atoms with van der Waals surface area (Å²) in [6.45, 7) is 0.714. The number of ether oxygens (including phenoxy) is 2. The zero-order chi connectivity index (χ0) is 29.5. The van der Waals surface area contributed by atoms with E-state index in [9.17, 15) is 18.9 Å². The van der Waals surface area contributed by atoms with Gasteiger partial charge in [-0.2, -0.15) is 0 Å². The lowest BCUT2D eigenvalue weighted by Crippen LogP contribution is -2.50. The Labute approximate surface area is 232 Å². The molecule has 2 rings (SSSR count). The molecule has 0 saturated heterocycles. The first kappa shape index (κ1) is 33.3. The first-order chi connectivity index (χ1) is 19.0. The van der Waals surface area contributed by atoms with Gasteiger partial charge in [-0.3, -0.25) is 24.3 Å². The normalized spacial score (nSPS) is 12.5. The van der Waals surface area contributed by atoms with E-state index >= 15 is 0 Å². The number of nitrogens with zero attached hydrogens (tertiary/aromatic N) is 2. The molecule has 6 N–H and O–H groups in total. The number of aromatic nitrogens is 1. The minimum absolute atomic E-state index is 0.000375. The summed E-state index contributed by atoms with van der Waals surface area (Å²) in [5.74, 6) is -2.17. The van der Waals surface area contributed by atoms with E-state index in [1.807, 2.05) is 47.0 Å². The molecule has 0 aliphatic carbocycles. The van der Waals surface area contributed by atoms with Crippen LogP contribution in [0.15, 0.2) is 30.3 Å². The van der Waals surface area contributed by atoms with Crippen molar-refractivity contribution in [3.63, 3.8) is 0 Å². The molecule has 0 aliphatic heterocycles. The molecule has 40 heavy (non-hydrogen) atoms. The molecule has 224 valence electrons. The van der Waals surface area contributed by atoms with Crippen molar-refractivity contribution < 1.29 is 47.8 Å². The quantitative estimate of drug-likeness (QED) is 0.0679. The average Bonchev–Trinajstić information content (AvgIpc) is 3.24. The van der Waals surface area contributed by atoms with Gasteiger partial charge in [0.05, 0.1) is 46.0 Å². The molecule has 0 saturated carbocycles. The molecule has 0 fully saturated rings. The molecule has 15 nitrogen and oxygen atoms in total. The summed E-state index contributed by atoms with van der Waals surface area (Å²) >= 11 is 0. The summed E-state index contributed by atoms with van der Waals surface area (Å²) in [5.41, 5.74) is 4.95. The summed E-state index contributed by atoms with van der Waals surface area (Å²) in [4.78, 5) is 54.0. The van der Waals surface area contributed by atoms with Crippen molar-refractivity contribution in [2.24, 2.45) is 0 Å². The van der Waals surface area contributed by atoms with Crippen LogP contribution in [-0.4, -0.2) is 102 Å². The van der Waals surface area contributed by atoms with Gasteiger partial charge in [-0.15, -0.1) is 0 Å². The van der Waals surface area contributed by atoms with Crippen molar-refractivity contribution >= 4 is 36.5 Å². The van der Waals surface area contributed by atoms with E-state index < -0.39 is 38.3 Å². The van der Waals surface area contributed by atoms with Crippen LogP contribution >= 0.6 is 7.82 Å². The Balaban J connectivity index is 1.90. The Kier molecular flexibility index (Phi) is 14.2. The van der Waals surface area contributed by atoms with Crippen LogP contribution in [0.5, 0.6) is 0 Å². The van der Waals surface area contributed by atoms with Gasteiger partial charge in [-0.1, -0.05) is 18.2 Å². The van der Waals surface area contributed by atoms with Crippen LogP contribution in [0, 0.1) is 0 Å². The van der Waals surface area contributed by atoms with E-state index in [2.05, 4.69) is 20.6 Å². The minimum Gasteiger partial charge on any atom is -0.481 e. The van der Waals surface area contributed by atoms with E-state index in [-0.39, 0.29) is 45.8 Å². The highest BCUT2D eigenvalue weighted by molar-refractivity contribution is 7.46. The molecule has 1 aromatic carbocycles. The number of carboxylic acids is 1. The number of carbonyl (C=O) groups excluding carboxylic acids is 2. The Morgan fingerprint density at radius 1 is 1.07 bits per heavy atom. The number of carbonyl (C=O) groups is 3. The minimum atomic E-state index is -4.89. The third-order valence-corrected chi connectivity index (χ3v) is 6.16. The summed E-state index contributed by atoms with van der Waals surface area (Å²) in [7, 11) is -1.19. The zero-order valence-corrected chi connectivity index (χ0v) is 23.5. The van der Waals surface area contributed by atoms with Crippen LogP contribution in [0.2, 0.25) is 0 Å². The number of benzene rings is 1. The zero-order valence-electron chi connectivity index (χ0n) is 22.6. The molecule has 1 aromatic heterocycles. The van der Waals surface area contributed by atoms with Crippen LogP contribution in [0.1, 0.15) is 18.5 Å². The largest absolute Gasteiger partial charge is 0.481 e. The van der Waals surface area contributed by atoms with Crippen molar-refractivity contribution in [3.05, 3.63) is 36.0 Å². The first-order valence-corrected chi connectivity index (χ1v) is 14.1. The topological polar surface area (TPSA) is 201 Å². The molecule has 16 heteroatoms. The molecule has 1 heterocycles. The second-order valence-electron chi connectivity index (χ2n) is 8.74. The molecular formula is C24H38N5O10P. The maximum Gasteiger partial charge on any atom is 0.469 e. The van der Waals surface area contributed by atoms with Gasteiger partial charge in [0.2, 0.25) is 11.8 Å². The Morgan fingerprint density at radius 2 is 1.77 bits per heavy atom. The molecule has 0 radical (unpaired) electrons. The van der Waals surface area contributed by atoms with Crippen LogP contribution in [0.4, 0.5) is 0 Å². The number of phosphoric ester groups is 1. The number of aliphatic carboxylic acids is 1. The van der Waals surface area contributed by atoms with Crippen molar-refractivity contribution in [1.82, 2.24) is 25.6 Å². The molecular weight excluding hydrogens is 549 g/mol. The van der Waals surface area contributed by atoms with Gasteiger partial charge in [0.1, 0.15) is 6.04 Å². The van der Waals surface area contributed by atoms with Gasteiger partial charge in [-0.25, -0.2) is 9.57 Å². The predicted molar refractivity (Wildman–Crippen MR) is 144 cm³/mol. The van der Waals surface area contributed by atoms with Crippen LogP contribution < -0.4 is 16.1 Å². The van der Waals surface area contributed by atoms with E-state index in [1.165, 1.54) is 0 Å². The lowest BCUT2D eigenvalue weighted by molar-refractivity contribution is -0.138. The maximum atomic E-state index is 12.8. The summed E-state index contributed by atoms with van der Waals surface area (Å²) in [6.07, 6.45) is -0.115. The number of hydrogen-bond donors (Lipinski definition) is 6. The van der Waals surface area contributed by atoms with Crippen molar-refractivity contribution in [3.8, 4) is 0 Å². The third kappa shape index (κ3) is 12.5. The number of aryl methyl sites for hydroxylation is 1. The Bertz CT molecular complexity index is 1150. The number of nitrogens with one attached hydrogen (secondary N) is 3. The molecule has 0 unspecified atom stereocenters. The number of amides is 2. The Hall–Kier alpha value is -2.88. The highest BCUT2D eigenvalue weighted by atomic mass is 31.2. The third-order valence-electron chi connectivity index (χ3n) is 5.68. The SMILES string of the molecule is CNN(C)Cc1cc2ccccc2n1CCC(=O)N[C@@H](COP(=O)(O)O)C(=O)NCCOCCOCCC(=O)O. The smallest absolute Gasteiger partial charge is 0.469 e. The highest BCUT2D eigenvalue weighted by Crippen LogP contribution is 2.35. The van der Waals surface area contributed by atoms with Crippen LogP contribution in [0.25, 0.3) is 10.9 Å². The van der Waals surface area contributed by atoms with Crippen LogP contribution in [0.3, 0.4) is 0 Å². The average molecular weight is 588 g/mol. The summed E-state index contributed by atoms with van der Waals surface area (Å²) < 4.78 is 28.1. The number of hydrazine groups is 1. The lowest BCUT2D eigenvalue weighted by atomic mass is 10.2. The Morgan fingerprint density at radius 3 is 2.45 bits per heavy atom. The van der Waals surface area contributed by atoms with E-state index in [4.69, 9.17) is 24.4 Å². The fourth-order valence-corrected chi connectivity index (χ4v) is 4.01. The fourth-order valence-electron chi connectivity index (χ4n) is 3.67. The van der Waals surface area contributed by atoms with Gasteiger partial charge >= 0.3 is 13.8 Å². The van der Waals surface area contributed by atoms with Crippen molar-refractivity contribution in [1.29, 1.82) is 0 Å². The number of rotatable bonds is 20. The number of fused-ring (bicyclic) bond motifs is 1. The second kappa shape index (κ2) is 17.0. The summed E-state index contributed by atoms with van der Waals surface area (Å²) in [5, 5.41) is 16.5. The number of carboxylic acid groups (broad SMARTS) is 1. The molecule has 1 atom stereocenters. The van der Waals surface area contributed by atoms with Crippen LogP contribution in [-0.2, 0) is 46.0 Å². The summed E-state index contributed by atoms with van der Waals surface area (Å²) in [6, 6.07) is 8.44. The highest BCUT2D eigenvalue weighted by Gasteiger charge is 2.25. The van der Waals surface area contributed by atoms with Crippen molar-refractivity contribution in [2.75, 3.05) is 53.7 Å². The maximum absolute atomic E-state index is 12.8. The van der Waals surface area contributed by atoms with Gasteiger partial charge in [-0.05, 0) is 24.6 Å². The predicted octanol–water partition coefficient (Wildman–Crippen LogP) is -0.184. The molecule has 0 bridgehead atoms. The molecule has 2 amide bonds. The first-order valence-electron chi connectivity index (χ1n) is 12.6. The van der Waals surface area contributed by atoms with Gasteiger partial charge in [0.15, 0.2) is 0 Å². The fraction of sp³-hybridized carbons (Fsp3) is 0.542. The monoisotopic (exact) mass is 587 g/mol. The standard InChI is InChI=1S/C24H38N5O10P/c1-25-28(2)16-19-15-18-5-3-4-6-21(18)29(19)10-7-22(30)27-20(17-39-40(34,35)36)24(33)26-9-12-38-14-13-37-11-8-23(31)32/h3-6,15,20,25H,7-14,16-17H2,1-2H3,(H,26,33)(H,27,30)(H,31,32)(H2,34,35,36)/t20-/m0/s1. The van der Waals surface area contributed by atoms with E-state index in [0.717, 1.165) is 16.6 Å². The van der Waals surface area contributed by atoms with E-state index in [0.29, 0.717) is 13.1 Å². The number of hydrogen-bond acceptors (Lipinski definition) is 9. The van der Waals surface area contributed by atoms with Gasteiger partial charge in [0, 0.05) is 37.8 Å². The molecule has 0 spiro atoms. The van der Waals surface area contributed by atoms with Crippen molar-refractivity contribution in [2.45, 2.75) is 32.0 Å². The second-order valence-corrected chi connectivity index (χ2v) is 9.98. The number of phosphoric acid groups is 1. The van der Waals surface area contributed by atoms with E-state index in [1.54, 1.807) is 7.05 Å². The van der Waals surface area contributed by atoms with Gasteiger partial charge < -0.3 is 39.6 Å². The van der Waals surface area contributed by atoms with Gasteiger partial charge in [0.25, 0.3) is 0 Å². The lowest BCUT2D eigenvalue weighted by Gasteiger charge is -2.20. The number of para-hydroxylation sites is 1. The molecule has 0 aliphatic rings. The molecule has 2 aromatic rings.